The summed E-state index contributed by atoms with van der Waals surface area (Å²) in [4.78, 5) is 3.98. The average Bonchev–Trinajstić information content (AvgIpc) is 2.08. The smallest absolute Gasteiger partial charge is 0.208 e. The second kappa shape index (κ2) is 6.57. The number of sulfonamides is 1. The van der Waals surface area contributed by atoms with Crippen molar-refractivity contribution in [1.82, 2.24) is 15.5 Å². The van der Waals surface area contributed by atoms with Crippen LogP contribution < -0.4 is 21.3 Å². The van der Waals surface area contributed by atoms with E-state index in [-0.39, 0.29) is 6.54 Å². The van der Waals surface area contributed by atoms with E-state index in [0.29, 0.717) is 19.0 Å². The molecule has 0 aliphatic rings. The van der Waals surface area contributed by atoms with Gasteiger partial charge in [-0.25, -0.2) is 19.0 Å². The summed E-state index contributed by atoms with van der Waals surface area (Å²) in [5, 5.41) is 2.87. The van der Waals surface area contributed by atoms with E-state index in [2.05, 4.69) is 20.5 Å². The SMILES string of the molecule is CCNC(=NCCNS(C)(=O)=O)NN. The maximum absolute atomic E-state index is 10.7. The van der Waals surface area contributed by atoms with Gasteiger partial charge in [-0.15, -0.1) is 0 Å². The highest BCUT2D eigenvalue weighted by atomic mass is 32.2. The predicted octanol–water partition coefficient (Wildman–Crippen LogP) is -2.04. The summed E-state index contributed by atoms with van der Waals surface area (Å²) >= 11 is 0. The summed E-state index contributed by atoms with van der Waals surface area (Å²) in [6.45, 7) is 3.19. The molecule has 7 nitrogen and oxygen atoms in total. The zero-order valence-electron chi connectivity index (χ0n) is 8.37. The Morgan fingerprint density at radius 2 is 2.14 bits per heavy atom. The molecule has 0 aromatic carbocycles. The van der Waals surface area contributed by atoms with Crippen molar-refractivity contribution in [1.29, 1.82) is 0 Å². The molecule has 0 radical (unpaired) electrons. The fourth-order valence-electron chi connectivity index (χ4n) is 0.719. The van der Waals surface area contributed by atoms with Crippen LogP contribution in [0.1, 0.15) is 6.92 Å². The molecule has 0 saturated carbocycles. The van der Waals surface area contributed by atoms with Gasteiger partial charge in [0.1, 0.15) is 0 Å². The van der Waals surface area contributed by atoms with Gasteiger partial charge in [-0.2, -0.15) is 0 Å². The van der Waals surface area contributed by atoms with Gasteiger partial charge in [0.15, 0.2) is 0 Å². The first-order valence-electron chi connectivity index (χ1n) is 4.19. The molecule has 0 aromatic heterocycles. The van der Waals surface area contributed by atoms with Crippen LogP contribution >= 0.6 is 0 Å². The molecule has 0 amide bonds. The normalized spacial score (nSPS) is 12.6. The molecule has 0 heterocycles. The van der Waals surface area contributed by atoms with Crippen molar-refractivity contribution in [2.75, 3.05) is 25.9 Å². The number of hydrogen-bond acceptors (Lipinski definition) is 4. The first-order chi connectivity index (χ1) is 6.49. The molecule has 0 aromatic rings. The summed E-state index contributed by atoms with van der Waals surface area (Å²) in [6, 6.07) is 0. The first kappa shape index (κ1) is 13.1. The van der Waals surface area contributed by atoms with Crippen molar-refractivity contribution in [3.05, 3.63) is 0 Å². The van der Waals surface area contributed by atoms with E-state index in [0.717, 1.165) is 6.26 Å². The molecule has 0 spiro atoms. The zero-order chi connectivity index (χ0) is 11.0. The molecule has 14 heavy (non-hydrogen) atoms. The second-order valence-electron chi connectivity index (χ2n) is 2.57. The molecule has 0 atom stereocenters. The number of hydrazine groups is 1. The predicted molar refractivity (Wildman–Crippen MR) is 56.1 cm³/mol. The molecule has 0 aliphatic carbocycles. The van der Waals surface area contributed by atoms with Gasteiger partial charge in [-0.05, 0) is 6.92 Å². The lowest BCUT2D eigenvalue weighted by atomic mass is 10.6. The van der Waals surface area contributed by atoms with Gasteiger partial charge in [-0.1, -0.05) is 0 Å². The van der Waals surface area contributed by atoms with Crippen LogP contribution in [0.2, 0.25) is 0 Å². The quantitative estimate of drug-likeness (QED) is 0.141. The number of guanidine groups is 1. The number of rotatable bonds is 5. The summed E-state index contributed by atoms with van der Waals surface area (Å²) in [7, 11) is -3.13. The van der Waals surface area contributed by atoms with Crippen molar-refractivity contribution in [2.24, 2.45) is 10.8 Å². The minimum absolute atomic E-state index is 0.259. The summed E-state index contributed by atoms with van der Waals surface area (Å²) in [6.07, 6.45) is 1.10. The molecular formula is C6H17N5O2S. The van der Waals surface area contributed by atoms with E-state index < -0.39 is 10.0 Å². The van der Waals surface area contributed by atoms with Crippen molar-refractivity contribution >= 4 is 16.0 Å². The van der Waals surface area contributed by atoms with E-state index >= 15 is 0 Å². The van der Waals surface area contributed by atoms with Gasteiger partial charge in [0, 0.05) is 13.1 Å². The van der Waals surface area contributed by atoms with Crippen molar-refractivity contribution in [3.8, 4) is 0 Å². The van der Waals surface area contributed by atoms with E-state index in [4.69, 9.17) is 5.84 Å². The second-order valence-corrected chi connectivity index (χ2v) is 4.40. The molecule has 8 heteroatoms. The summed E-state index contributed by atoms with van der Waals surface area (Å²) in [5.74, 6) is 5.59. The Bertz CT molecular complexity index is 274. The van der Waals surface area contributed by atoms with Crippen LogP contribution in [0.3, 0.4) is 0 Å². The summed E-state index contributed by atoms with van der Waals surface area (Å²) < 4.78 is 23.6. The van der Waals surface area contributed by atoms with Crippen LogP contribution in [0.5, 0.6) is 0 Å². The molecule has 0 bridgehead atoms. The molecular weight excluding hydrogens is 206 g/mol. The highest BCUT2D eigenvalue weighted by Gasteiger charge is 1.98. The monoisotopic (exact) mass is 223 g/mol. The van der Waals surface area contributed by atoms with Gasteiger partial charge in [0.25, 0.3) is 0 Å². The lowest BCUT2D eigenvalue weighted by Crippen LogP contribution is -2.42. The summed E-state index contributed by atoms with van der Waals surface area (Å²) in [5.41, 5.74) is 2.36. The molecule has 5 N–H and O–H groups in total. The van der Waals surface area contributed by atoms with Crippen LogP contribution in [0.4, 0.5) is 0 Å². The molecule has 0 fully saturated rings. The van der Waals surface area contributed by atoms with E-state index in [1.807, 2.05) is 6.92 Å². The number of nitrogens with two attached hydrogens (primary N) is 1. The first-order valence-corrected chi connectivity index (χ1v) is 6.08. The molecule has 0 rings (SSSR count). The highest BCUT2D eigenvalue weighted by molar-refractivity contribution is 7.88. The topological polar surface area (TPSA) is 109 Å². The van der Waals surface area contributed by atoms with Crippen LogP contribution in [-0.2, 0) is 10.0 Å². The van der Waals surface area contributed by atoms with E-state index in [1.165, 1.54) is 0 Å². The van der Waals surface area contributed by atoms with Gasteiger partial charge in [0.2, 0.25) is 16.0 Å². The van der Waals surface area contributed by atoms with Crippen molar-refractivity contribution in [2.45, 2.75) is 6.92 Å². The third-order valence-electron chi connectivity index (χ3n) is 1.23. The molecule has 0 unspecified atom stereocenters. The van der Waals surface area contributed by atoms with Crippen LogP contribution in [0.15, 0.2) is 4.99 Å². The Kier molecular flexibility index (Phi) is 6.17. The Hall–Kier alpha value is -0.860. The maximum Gasteiger partial charge on any atom is 0.208 e. The third kappa shape index (κ3) is 7.77. The lowest BCUT2D eigenvalue weighted by molar-refractivity contribution is 0.588. The lowest BCUT2D eigenvalue weighted by Gasteiger charge is -2.06. The van der Waals surface area contributed by atoms with Gasteiger partial charge < -0.3 is 5.32 Å². The fourth-order valence-corrected chi connectivity index (χ4v) is 1.18. The minimum atomic E-state index is -3.13. The standard InChI is InChI=1S/C6H17N5O2S/c1-3-8-6(11-7)9-4-5-10-14(2,12)13/h10H,3-5,7H2,1-2H3,(H2,8,9,11). The number of nitrogens with one attached hydrogen (secondary N) is 3. The van der Waals surface area contributed by atoms with E-state index in [9.17, 15) is 8.42 Å². The van der Waals surface area contributed by atoms with Crippen LogP contribution in [0.25, 0.3) is 0 Å². The zero-order valence-corrected chi connectivity index (χ0v) is 9.19. The largest absolute Gasteiger partial charge is 0.356 e. The van der Waals surface area contributed by atoms with Crippen LogP contribution in [0, 0.1) is 0 Å². The van der Waals surface area contributed by atoms with Crippen molar-refractivity contribution < 1.29 is 8.42 Å². The fraction of sp³-hybridized carbons (Fsp3) is 0.833. The molecule has 0 aliphatic heterocycles. The number of hydrogen-bond donors (Lipinski definition) is 4. The highest BCUT2D eigenvalue weighted by Crippen LogP contribution is 1.75. The van der Waals surface area contributed by atoms with E-state index in [1.54, 1.807) is 0 Å². The Labute approximate surface area is 84.2 Å². The molecule has 0 saturated heterocycles. The Morgan fingerprint density at radius 3 is 2.57 bits per heavy atom. The molecule has 84 valence electrons. The third-order valence-corrected chi connectivity index (χ3v) is 1.96. The van der Waals surface area contributed by atoms with Gasteiger partial charge in [-0.3, -0.25) is 10.4 Å². The minimum Gasteiger partial charge on any atom is -0.356 e. The van der Waals surface area contributed by atoms with Crippen molar-refractivity contribution in [3.63, 3.8) is 0 Å². The van der Waals surface area contributed by atoms with Gasteiger partial charge in [0.05, 0.1) is 12.8 Å². The average molecular weight is 223 g/mol. The van der Waals surface area contributed by atoms with Gasteiger partial charge >= 0.3 is 0 Å². The number of nitrogens with zero attached hydrogens (tertiary/aromatic N) is 1. The maximum atomic E-state index is 10.7. The number of aliphatic imine (C=N–C) groups is 1. The van der Waals surface area contributed by atoms with Crippen LogP contribution in [-0.4, -0.2) is 40.3 Å². The Morgan fingerprint density at radius 1 is 1.50 bits per heavy atom. The Balaban J connectivity index is 3.79.